The van der Waals surface area contributed by atoms with E-state index in [2.05, 4.69) is 43.4 Å². The molecule has 10 nitrogen and oxygen atoms in total. The van der Waals surface area contributed by atoms with Gasteiger partial charge in [0, 0.05) is 19.4 Å². The standard InChI is InChI=1S/C43H74NO9P/c1-3-5-6-7-8-9-10-11-12-16-19-22-25-28-31-34-42(46)50-38-41(39-52-54(48,49)51-37-36-44)53-43(47)35-32-29-26-23-20-17-14-13-15-18-21-24-27-30-33-40(45)4-2/h9-10,14-15,17-18,23-24,26-27,30,33,40-41,45H,3-8,11-13,16,19-22,25,28-29,31-32,34-39,44H2,1-2H3,(H,48,49)/b10-9-,17-14-,18-15-,26-23-,27-24-,33-30+/t40-,41-/m1/s1. The predicted octanol–water partition coefficient (Wildman–Crippen LogP) is 10.5. The maximum atomic E-state index is 12.5. The molecule has 1 unspecified atom stereocenters. The molecule has 0 aliphatic rings. The van der Waals surface area contributed by atoms with Crippen LogP contribution in [0.5, 0.6) is 0 Å². The Labute approximate surface area is 327 Å². The zero-order valence-electron chi connectivity index (χ0n) is 33.5. The number of carbonyl (C=O) groups excluding carboxylic acids is 2. The van der Waals surface area contributed by atoms with Crippen LogP contribution in [0.2, 0.25) is 0 Å². The highest BCUT2D eigenvalue weighted by atomic mass is 31.2. The number of aliphatic hydroxyl groups is 1. The van der Waals surface area contributed by atoms with Crippen molar-refractivity contribution in [3.63, 3.8) is 0 Å². The first-order valence-corrected chi connectivity index (χ1v) is 22.0. The molecule has 0 saturated heterocycles. The number of esters is 2. The van der Waals surface area contributed by atoms with Crippen LogP contribution in [0.3, 0.4) is 0 Å². The van der Waals surface area contributed by atoms with Gasteiger partial charge in [-0.25, -0.2) is 4.57 Å². The Hall–Kier alpha value is -2.59. The minimum absolute atomic E-state index is 0.0344. The van der Waals surface area contributed by atoms with E-state index < -0.39 is 32.5 Å². The van der Waals surface area contributed by atoms with Crippen molar-refractivity contribution in [3.05, 3.63) is 72.9 Å². The molecule has 0 aromatic heterocycles. The molecule has 310 valence electrons. The third kappa shape index (κ3) is 37.7. The highest BCUT2D eigenvalue weighted by Gasteiger charge is 2.25. The van der Waals surface area contributed by atoms with Crippen molar-refractivity contribution >= 4 is 19.8 Å². The lowest BCUT2D eigenvalue weighted by atomic mass is 10.1. The van der Waals surface area contributed by atoms with Crippen LogP contribution in [-0.4, -0.2) is 60.5 Å². The van der Waals surface area contributed by atoms with E-state index in [1.165, 1.54) is 51.4 Å². The summed E-state index contributed by atoms with van der Waals surface area (Å²) in [6.07, 6.45) is 43.1. The van der Waals surface area contributed by atoms with Crippen molar-refractivity contribution in [1.82, 2.24) is 0 Å². The molecule has 0 saturated carbocycles. The fourth-order valence-electron chi connectivity index (χ4n) is 5.03. The number of unbranched alkanes of at least 4 members (excludes halogenated alkanes) is 12. The maximum Gasteiger partial charge on any atom is 0.472 e. The number of ether oxygens (including phenoxy) is 2. The normalized spacial score (nSPS) is 14.7. The van der Waals surface area contributed by atoms with E-state index >= 15 is 0 Å². The zero-order valence-corrected chi connectivity index (χ0v) is 34.4. The Morgan fingerprint density at radius 3 is 1.81 bits per heavy atom. The topological polar surface area (TPSA) is 155 Å². The van der Waals surface area contributed by atoms with Gasteiger partial charge < -0.3 is 25.2 Å². The summed E-state index contributed by atoms with van der Waals surface area (Å²) in [6, 6.07) is 0. The third-order valence-corrected chi connectivity index (χ3v) is 9.22. The molecule has 0 heterocycles. The van der Waals surface area contributed by atoms with Gasteiger partial charge in [-0.1, -0.05) is 138 Å². The monoisotopic (exact) mass is 780 g/mol. The average molecular weight is 780 g/mol. The molecule has 0 aromatic rings. The molecule has 0 amide bonds. The number of allylic oxidation sites excluding steroid dienone is 11. The summed E-state index contributed by atoms with van der Waals surface area (Å²) in [5.41, 5.74) is 5.33. The first-order valence-electron chi connectivity index (χ1n) is 20.5. The van der Waals surface area contributed by atoms with E-state index in [4.69, 9.17) is 24.3 Å². The van der Waals surface area contributed by atoms with Crippen molar-refractivity contribution in [2.24, 2.45) is 5.73 Å². The van der Waals surface area contributed by atoms with Gasteiger partial charge in [-0.15, -0.1) is 0 Å². The first-order chi connectivity index (χ1) is 26.2. The molecule has 0 aromatic carbocycles. The molecule has 54 heavy (non-hydrogen) atoms. The SMILES string of the molecule is CCCCCC/C=C\CCCCCCCCCC(=O)OC[C@H](COP(=O)(O)OCCN)OC(=O)CCC/C=C\C/C=C\C/C=C\C/C=C\C=C\[C@H](O)CC. The van der Waals surface area contributed by atoms with Crippen molar-refractivity contribution in [2.45, 2.75) is 161 Å². The van der Waals surface area contributed by atoms with Gasteiger partial charge in [0.2, 0.25) is 0 Å². The molecule has 0 bridgehead atoms. The van der Waals surface area contributed by atoms with Crippen LogP contribution in [-0.2, 0) is 32.7 Å². The molecule has 0 radical (unpaired) electrons. The second-order valence-corrected chi connectivity index (χ2v) is 14.8. The number of rotatable bonds is 37. The Balaban J connectivity index is 4.33. The molecule has 0 fully saturated rings. The molecule has 3 atom stereocenters. The lowest BCUT2D eigenvalue weighted by Gasteiger charge is -2.19. The number of carbonyl (C=O) groups is 2. The Morgan fingerprint density at radius 2 is 1.19 bits per heavy atom. The molecular weight excluding hydrogens is 705 g/mol. The van der Waals surface area contributed by atoms with Gasteiger partial charge in [-0.2, -0.15) is 0 Å². The van der Waals surface area contributed by atoms with Crippen molar-refractivity contribution in [3.8, 4) is 0 Å². The molecule has 0 spiro atoms. The van der Waals surface area contributed by atoms with Crippen LogP contribution >= 0.6 is 7.82 Å². The van der Waals surface area contributed by atoms with Gasteiger partial charge in [0.05, 0.1) is 19.3 Å². The summed E-state index contributed by atoms with van der Waals surface area (Å²) in [7, 11) is -4.40. The molecule has 0 aliphatic heterocycles. The second kappa shape index (κ2) is 38.7. The lowest BCUT2D eigenvalue weighted by Crippen LogP contribution is -2.29. The molecule has 4 N–H and O–H groups in total. The van der Waals surface area contributed by atoms with Crippen LogP contribution in [0.4, 0.5) is 0 Å². The zero-order chi connectivity index (χ0) is 39.8. The lowest BCUT2D eigenvalue weighted by molar-refractivity contribution is -0.161. The number of phosphoric ester groups is 1. The number of nitrogens with two attached hydrogens (primary N) is 1. The first kappa shape index (κ1) is 51.4. The Bertz CT molecular complexity index is 1130. The molecule has 11 heteroatoms. The van der Waals surface area contributed by atoms with Gasteiger partial charge in [-0.05, 0) is 70.6 Å². The number of aliphatic hydroxyl groups excluding tert-OH is 1. The van der Waals surface area contributed by atoms with E-state index in [1.54, 1.807) is 6.08 Å². The maximum absolute atomic E-state index is 12.5. The van der Waals surface area contributed by atoms with Crippen LogP contribution in [0, 0.1) is 0 Å². The number of hydrogen-bond acceptors (Lipinski definition) is 9. The summed E-state index contributed by atoms with van der Waals surface area (Å²) in [5.74, 6) is -0.928. The fourth-order valence-corrected chi connectivity index (χ4v) is 5.79. The third-order valence-electron chi connectivity index (χ3n) is 8.23. The quantitative estimate of drug-likeness (QED) is 0.0182. The summed E-state index contributed by atoms with van der Waals surface area (Å²) in [5, 5.41) is 9.46. The van der Waals surface area contributed by atoms with Gasteiger partial charge in [0.1, 0.15) is 6.61 Å². The Morgan fingerprint density at radius 1 is 0.648 bits per heavy atom. The molecule has 0 rings (SSSR count). The molecule has 0 aliphatic carbocycles. The minimum Gasteiger partial charge on any atom is -0.462 e. The van der Waals surface area contributed by atoms with Crippen LogP contribution < -0.4 is 5.73 Å². The van der Waals surface area contributed by atoms with E-state index in [9.17, 15) is 24.2 Å². The van der Waals surface area contributed by atoms with E-state index in [0.29, 0.717) is 25.7 Å². The summed E-state index contributed by atoms with van der Waals surface area (Å²) in [6.45, 7) is 3.28. The van der Waals surface area contributed by atoms with E-state index in [0.717, 1.165) is 44.9 Å². The number of phosphoric acid groups is 1. The van der Waals surface area contributed by atoms with Crippen LogP contribution in [0.1, 0.15) is 149 Å². The van der Waals surface area contributed by atoms with E-state index in [-0.39, 0.29) is 38.7 Å². The summed E-state index contributed by atoms with van der Waals surface area (Å²) in [4.78, 5) is 34.8. The molecular formula is C43H74NO9P. The van der Waals surface area contributed by atoms with E-state index in [1.807, 2.05) is 37.3 Å². The summed E-state index contributed by atoms with van der Waals surface area (Å²) < 4.78 is 32.6. The van der Waals surface area contributed by atoms with Gasteiger partial charge >= 0.3 is 19.8 Å². The predicted molar refractivity (Wildman–Crippen MR) is 221 cm³/mol. The second-order valence-electron chi connectivity index (χ2n) is 13.3. The average Bonchev–Trinajstić information content (AvgIpc) is 3.16. The summed E-state index contributed by atoms with van der Waals surface area (Å²) >= 11 is 0. The smallest absolute Gasteiger partial charge is 0.462 e. The van der Waals surface area contributed by atoms with Crippen molar-refractivity contribution in [1.29, 1.82) is 0 Å². The van der Waals surface area contributed by atoms with Gasteiger partial charge in [0.15, 0.2) is 6.10 Å². The van der Waals surface area contributed by atoms with Gasteiger partial charge in [-0.3, -0.25) is 18.6 Å². The van der Waals surface area contributed by atoms with Gasteiger partial charge in [0.25, 0.3) is 0 Å². The largest absolute Gasteiger partial charge is 0.472 e. The van der Waals surface area contributed by atoms with Crippen LogP contribution in [0.25, 0.3) is 0 Å². The number of hydrogen-bond donors (Lipinski definition) is 3. The highest BCUT2D eigenvalue weighted by molar-refractivity contribution is 7.47. The fraction of sp³-hybridized carbons (Fsp3) is 0.674. The minimum atomic E-state index is -4.40. The van der Waals surface area contributed by atoms with Crippen molar-refractivity contribution in [2.75, 3.05) is 26.4 Å². The highest BCUT2D eigenvalue weighted by Crippen LogP contribution is 2.43. The van der Waals surface area contributed by atoms with Crippen molar-refractivity contribution < 1.29 is 42.7 Å². The van der Waals surface area contributed by atoms with Crippen LogP contribution in [0.15, 0.2) is 72.9 Å². The Kier molecular flexibility index (Phi) is 36.8.